The van der Waals surface area contributed by atoms with Gasteiger partial charge in [-0.15, -0.1) is 0 Å². The number of amides is 1. The first-order chi connectivity index (χ1) is 18.3. The standard InChI is InChI=1S/C30H28N2O6/c1-18-6-4-5-7-22(18)26-25(27(33)21-12-13-24-23(16-21)31(2)14-15-38-24)28(34)29(35)32(26)17-19-8-10-20(11-9-19)30(36)37-3/h4-13,16,26,33H,14-15,17H2,1-3H3/b27-25+. The topological polar surface area (TPSA) is 96.4 Å². The quantitative estimate of drug-likeness (QED) is 0.237. The molecule has 0 saturated carbocycles. The number of rotatable bonds is 5. The second kappa shape index (κ2) is 10.0. The highest BCUT2D eigenvalue weighted by Gasteiger charge is 2.46. The van der Waals surface area contributed by atoms with Crippen LogP contribution in [0.15, 0.2) is 72.3 Å². The van der Waals surface area contributed by atoms with Crippen LogP contribution in [0.1, 0.15) is 38.7 Å². The van der Waals surface area contributed by atoms with Crippen molar-refractivity contribution in [3.63, 3.8) is 0 Å². The van der Waals surface area contributed by atoms with Gasteiger partial charge in [-0.05, 0) is 53.9 Å². The summed E-state index contributed by atoms with van der Waals surface area (Å²) in [5.74, 6) is -1.44. The largest absolute Gasteiger partial charge is 0.507 e. The Labute approximate surface area is 220 Å². The number of likely N-dealkylation sites (tertiary alicyclic amines) is 1. The lowest BCUT2D eigenvalue weighted by atomic mass is 9.92. The smallest absolute Gasteiger partial charge is 0.337 e. The summed E-state index contributed by atoms with van der Waals surface area (Å²) in [5.41, 5.74) is 4.01. The molecule has 1 unspecified atom stereocenters. The molecular weight excluding hydrogens is 484 g/mol. The van der Waals surface area contributed by atoms with Gasteiger partial charge < -0.3 is 24.4 Å². The summed E-state index contributed by atoms with van der Waals surface area (Å²) in [4.78, 5) is 42.1. The zero-order valence-corrected chi connectivity index (χ0v) is 21.4. The summed E-state index contributed by atoms with van der Waals surface area (Å²) < 4.78 is 10.5. The average molecular weight is 513 g/mol. The molecule has 0 radical (unpaired) electrons. The number of methoxy groups -OCH3 is 1. The fourth-order valence-corrected chi connectivity index (χ4v) is 4.97. The number of ether oxygens (including phenoxy) is 2. The molecule has 2 aliphatic heterocycles. The van der Waals surface area contributed by atoms with E-state index in [1.54, 1.807) is 42.5 Å². The SMILES string of the molecule is COC(=O)c1ccc(CN2C(=O)C(=O)/C(=C(/O)c3ccc4c(c3)N(C)CCO4)C2c2ccccc2C)cc1. The molecule has 3 aromatic carbocycles. The maximum Gasteiger partial charge on any atom is 0.337 e. The maximum atomic E-state index is 13.4. The van der Waals surface area contributed by atoms with E-state index in [9.17, 15) is 19.5 Å². The average Bonchev–Trinajstić information content (AvgIpc) is 3.17. The minimum Gasteiger partial charge on any atom is -0.507 e. The predicted octanol–water partition coefficient (Wildman–Crippen LogP) is 4.23. The first kappa shape index (κ1) is 25.1. The number of aliphatic hydroxyl groups is 1. The van der Waals surface area contributed by atoms with Crippen LogP contribution in [-0.4, -0.2) is 55.0 Å². The summed E-state index contributed by atoms with van der Waals surface area (Å²) in [6.45, 7) is 3.28. The Bertz CT molecular complexity index is 1460. The van der Waals surface area contributed by atoms with E-state index >= 15 is 0 Å². The van der Waals surface area contributed by atoms with Crippen molar-refractivity contribution in [1.82, 2.24) is 4.90 Å². The van der Waals surface area contributed by atoms with Gasteiger partial charge >= 0.3 is 5.97 Å². The third-order valence-corrected chi connectivity index (χ3v) is 7.08. The maximum absolute atomic E-state index is 13.4. The Kier molecular flexibility index (Phi) is 6.63. The molecule has 1 fully saturated rings. The minimum atomic E-state index is -0.790. The number of hydrogen-bond donors (Lipinski definition) is 1. The van der Waals surface area contributed by atoms with Crippen LogP contribution < -0.4 is 9.64 Å². The number of aryl methyl sites for hydroxylation is 1. The number of benzene rings is 3. The van der Waals surface area contributed by atoms with Crippen molar-refractivity contribution in [3.05, 3.63) is 100 Å². The summed E-state index contributed by atoms with van der Waals surface area (Å²) in [7, 11) is 3.24. The molecule has 2 aliphatic rings. The Morgan fingerprint density at radius 3 is 2.47 bits per heavy atom. The predicted molar refractivity (Wildman–Crippen MR) is 142 cm³/mol. The van der Waals surface area contributed by atoms with E-state index < -0.39 is 23.7 Å². The third-order valence-electron chi connectivity index (χ3n) is 7.08. The number of anilines is 1. The Hall–Kier alpha value is -4.59. The third kappa shape index (κ3) is 4.38. The summed E-state index contributed by atoms with van der Waals surface area (Å²) >= 11 is 0. The molecule has 2 heterocycles. The van der Waals surface area contributed by atoms with Gasteiger partial charge in [0.2, 0.25) is 0 Å². The van der Waals surface area contributed by atoms with Crippen molar-refractivity contribution in [2.75, 3.05) is 32.2 Å². The summed E-state index contributed by atoms with van der Waals surface area (Å²) in [6, 6.07) is 18.6. The van der Waals surface area contributed by atoms with E-state index in [2.05, 4.69) is 0 Å². The number of carbonyl (C=O) groups excluding carboxylic acids is 3. The van der Waals surface area contributed by atoms with Gasteiger partial charge in [0, 0.05) is 19.2 Å². The number of Topliss-reactive ketones (excluding diaryl/α,β-unsaturated/α-hetero) is 1. The van der Waals surface area contributed by atoms with Gasteiger partial charge in [-0.25, -0.2) is 4.79 Å². The van der Waals surface area contributed by atoms with Crippen molar-refractivity contribution < 1.29 is 29.0 Å². The number of nitrogens with zero attached hydrogens (tertiary/aromatic N) is 2. The zero-order valence-electron chi connectivity index (χ0n) is 21.4. The molecule has 8 heteroatoms. The number of carbonyl (C=O) groups is 3. The molecule has 0 aromatic heterocycles. The molecule has 194 valence electrons. The number of fused-ring (bicyclic) bond motifs is 1. The highest BCUT2D eigenvalue weighted by molar-refractivity contribution is 6.46. The number of hydrogen-bond acceptors (Lipinski definition) is 7. The molecule has 1 amide bonds. The molecule has 0 aliphatic carbocycles. The normalized spacial score (nSPS) is 18.2. The van der Waals surface area contributed by atoms with E-state index in [1.165, 1.54) is 12.0 Å². The number of ketones is 1. The van der Waals surface area contributed by atoms with Gasteiger partial charge in [-0.2, -0.15) is 0 Å². The Balaban J connectivity index is 1.60. The van der Waals surface area contributed by atoms with Crippen LogP contribution in [0.5, 0.6) is 5.75 Å². The van der Waals surface area contributed by atoms with Crippen LogP contribution in [0.3, 0.4) is 0 Å². The Morgan fingerprint density at radius 2 is 1.76 bits per heavy atom. The van der Waals surface area contributed by atoms with Crippen LogP contribution >= 0.6 is 0 Å². The van der Waals surface area contributed by atoms with Crippen LogP contribution in [0.2, 0.25) is 0 Å². The monoisotopic (exact) mass is 512 g/mol. The van der Waals surface area contributed by atoms with E-state index in [0.717, 1.165) is 22.4 Å². The second-order valence-electron chi connectivity index (χ2n) is 9.42. The van der Waals surface area contributed by atoms with E-state index in [-0.39, 0.29) is 17.9 Å². The molecule has 8 nitrogen and oxygen atoms in total. The van der Waals surface area contributed by atoms with Crippen LogP contribution in [0.25, 0.3) is 5.76 Å². The molecular formula is C30H28N2O6. The van der Waals surface area contributed by atoms with Gasteiger partial charge in [0.15, 0.2) is 0 Å². The highest BCUT2D eigenvalue weighted by atomic mass is 16.5. The van der Waals surface area contributed by atoms with Gasteiger partial charge in [0.25, 0.3) is 11.7 Å². The highest BCUT2D eigenvalue weighted by Crippen LogP contribution is 2.42. The van der Waals surface area contributed by atoms with Crippen molar-refractivity contribution in [1.29, 1.82) is 0 Å². The lowest BCUT2D eigenvalue weighted by Gasteiger charge is -2.28. The first-order valence-corrected chi connectivity index (χ1v) is 12.3. The second-order valence-corrected chi connectivity index (χ2v) is 9.42. The molecule has 5 rings (SSSR count). The van der Waals surface area contributed by atoms with E-state index in [0.29, 0.717) is 30.0 Å². The molecule has 1 atom stereocenters. The van der Waals surface area contributed by atoms with Crippen LogP contribution in [0, 0.1) is 6.92 Å². The van der Waals surface area contributed by atoms with Crippen molar-refractivity contribution in [2.24, 2.45) is 0 Å². The van der Waals surface area contributed by atoms with Crippen molar-refractivity contribution >= 4 is 29.1 Å². The fraction of sp³-hybridized carbons (Fsp3) is 0.233. The number of likely N-dealkylation sites (N-methyl/N-ethyl adjacent to an activating group) is 1. The molecule has 0 spiro atoms. The number of aliphatic hydroxyl groups excluding tert-OH is 1. The first-order valence-electron chi connectivity index (χ1n) is 12.3. The van der Waals surface area contributed by atoms with Gasteiger partial charge in [0.05, 0.1) is 36.5 Å². The van der Waals surface area contributed by atoms with Crippen molar-refractivity contribution in [2.45, 2.75) is 19.5 Å². The van der Waals surface area contributed by atoms with Gasteiger partial charge in [-0.1, -0.05) is 36.4 Å². The molecule has 0 bridgehead atoms. The zero-order chi connectivity index (χ0) is 27.0. The lowest BCUT2D eigenvalue weighted by molar-refractivity contribution is -0.140. The van der Waals surface area contributed by atoms with Crippen LogP contribution in [-0.2, 0) is 20.9 Å². The summed E-state index contributed by atoms with van der Waals surface area (Å²) in [5, 5.41) is 11.5. The fourth-order valence-electron chi connectivity index (χ4n) is 4.97. The molecule has 3 aromatic rings. The summed E-state index contributed by atoms with van der Waals surface area (Å²) in [6.07, 6.45) is 0. The van der Waals surface area contributed by atoms with E-state index in [4.69, 9.17) is 9.47 Å². The van der Waals surface area contributed by atoms with E-state index in [1.807, 2.05) is 43.1 Å². The van der Waals surface area contributed by atoms with Gasteiger partial charge in [0.1, 0.15) is 18.1 Å². The molecule has 1 saturated heterocycles. The molecule has 38 heavy (non-hydrogen) atoms. The molecule has 1 N–H and O–H groups in total. The van der Waals surface area contributed by atoms with Gasteiger partial charge in [-0.3, -0.25) is 9.59 Å². The Morgan fingerprint density at radius 1 is 1.05 bits per heavy atom. The number of esters is 1. The minimum absolute atomic E-state index is 0.0369. The lowest BCUT2D eigenvalue weighted by Crippen LogP contribution is -2.29. The van der Waals surface area contributed by atoms with Crippen LogP contribution in [0.4, 0.5) is 5.69 Å². The van der Waals surface area contributed by atoms with Crippen molar-refractivity contribution in [3.8, 4) is 5.75 Å².